The van der Waals surface area contributed by atoms with Crippen molar-refractivity contribution in [3.8, 4) is 0 Å². The molecule has 0 aliphatic heterocycles. The van der Waals surface area contributed by atoms with E-state index in [1.807, 2.05) is 0 Å². The SMILES string of the molecule is Cc1cc(S(=O)(=O)NC(C)c2ccco2)ccc1N. The summed E-state index contributed by atoms with van der Waals surface area (Å²) >= 11 is 0. The number of rotatable bonds is 4. The van der Waals surface area contributed by atoms with Crippen LogP contribution in [0.5, 0.6) is 0 Å². The van der Waals surface area contributed by atoms with Gasteiger partial charge in [0.15, 0.2) is 0 Å². The lowest BCUT2D eigenvalue weighted by molar-refractivity contribution is 0.459. The first kappa shape index (κ1) is 13.6. The highest BCUT2D eigenvalue weighted by Crippen LogP contribution is 2.20. The molecule has 1 heterocycles. The molecule has 0 spiro atoms. The van der Waals surface area contributed by atoms with Gasteiger partial charge in [-0.05, 0) is 49.7 Å². The topological polar surface area (TPSA) is 85.3 Å². The van der Waals surface area contributed by atoms with Crippen molar-refractivity contribution in [3.05, 3.63) is 47.9 Å². The second-order valence-corrected chi connectivity index (χ2v) is 6.09. The van der Waals surface area contributed by atoms with E-state index in [1.165, 1.54) is 12.3 Å². The number of hydrogen-bond donors (Lipinski definition) is 2. The fourth-order valence-corrected chi connectivity index (χ4v) is 3.01. The third kappa shape index (κ3) is 2.97. The van der Waals surface area contributed by atoms with Crippen LogP contribution in [0.15, 0.2) is 45.9 Å². The van der Waals surface area contributed by atoms with Crippen molar-refractivity contribution in [2.75, 3.05) is 5.73 Å². The molecule has 0 amide bonds. The van der Waals surface area contributed by atoms with Gasteiger partial charge in [0.1, 0.15) is 5.76 Å². The number of sulfonamides is 1. The van der Waals surface area contributed by atoms with E-state index in [9.17, 15) is 8.42 Å². The zero-order valence-electron chi connectivity index (χ0n) is 10.8. The first-order valence-corrected chi connectivity index (χ1v) is 7.30. The Morgan fingerprint density at radius 3 is 2.63 bits per heavy atom. The molecule has 102 valence electrons. The van der Waals surface area contributed by atoms with E-state index < -0.39 is 16.1 Å². The maximum absolute atomic E-state index is 12.2. The molecule has 1 unspecified atom stereocenters. The largest absolute Gasteiger partial charge is 0.468 e. The number of aryl methyl sites for hydroxylation is 1. The van der Waals surface area contributed by atoms with Gasteiger partial charge in [-0.1, -0.05) is 0 Å². The van der Waals surface area contributed by atoms with Crippen LogP contribution in [0, 0.1) is 6.92 Å². The molecule has 0 bridgehead atoms. The van der Waals surface area contributed by atoms with Crippen LogP contribution in [0.2, 0.25) is 0 Å². The van der Waals surface area contributed by atoms with Crippen molar-refractivity contribution in [1.82, 2.24) is 4.72 Å². The number of nitrogens with one attached hydrogen (secondary N) is 1. The van der Waals surface area contributed by atoms with Crippen LogP contribution in [-0.2, 0) is 10.0 Å². The smallest absolute Gasteiger partial charge is 0.241 e. The normalized spacial score (nSPS) is 13.4. The lowest BCUT2D eigenvalue weighted by atomic mass is 10.2. The highest BCUT2D eigenvalue weighted by atomic mass is 32.2. The van der Waals surface area contributed by atoms with Crippen molar-refractivity contribution >= 4 is 15.7 Å². The standard InChI is InChI=1S/C13H16N2O3S/c1-9-8-11(5-6-12(9)14)19(16,17)15-10(2)13-4-3-7-18-13/h3-8,10,15H,14H2,1-2H3. The predicted octanol–water partition coefficient (Wildman–Crippen LogP) is 2.21. The monoisotopic (exact) mass is 280 g/mol. The summed E-state index contributed by atoms with van der Waals surface area (Å²) in [5.41, 5.74) is 6.98. The Morgan fingerprint density at radius 2 is 2.05 bits per heavy atom. The number of benzene rings is 1. The number of nitrogen functional groups attached to an aromatic ring is 1. The highest BCUT2D eigenvalue weighted by Gasteiger charge is 2.20. The van der Waals surface area contributed by atoms with Gasteiger partial charge in [-0.3, -0.25) is 0 Å². The van der Waals surface area contributed by atoms with Gasteiger partial charge in [-0.25, -0.2) is 13.1 Å². The quantitative estimate of drug-likeness (QED) is 0.841. The molecule has 19 heavy (non-hydrogen) atoms. The Hall–Kier alpha value is -1.79. The van der Waals surface area contributed by atoms with Gasteiger partial charge in [-0.15, -0.1) is 0 Å². The second-order valence-electron chi connectivity index (χ2n) is 4.38. The first-order valence-electron chi connectivity index (χ1n) is 5.82. The van der Waals surface area contributed by atoms with Gasteiger partial charge in [0, 0.05) is 5.69 Å². The van der Waals surface area contributed by atoms with Gasteiger partial charge in [-0.2, -0.15) is 0 Å². The molecule has 0 aliphatic carbocycles. The summed E-state index contributed by atoms with van der Waals surface area (Å²) in [5.74, 6) is 0.566. The van der Waals surface area contributed by atoms with Crippen molar-refractivity contribution in [3.63, 3.8) is 0 Å². The van der Waals surface area contributed by atoms with Crippen LogP contribution in [0.1, 0.15) is 24.3 Å². The third-order valence-electron chi connectivity index (χ3n) is 2.85. The van der Waals surface area contributed by atoms with Crippen LogP contribution in [0.25, 0.3) is 0 Å². The highest BCUT2D eigenvalue weighted by molar-refractivity contribution is 7.89. The summed E-state index contributed by atoms with van der Waals surface area (Å²) in [4.78, 5) is 0.192. The zero-order chi connectivity index (χ0) is 14.0. The molecule has 2 aromatic rings. The maximum atomic E-state index is 12.2. The zero-order valence-corrected chi connectivity index (χ0v) is 11.6. The Kier molecular flexibility index (Phi) is 3.64. The summed E-state index contributed by atoms with van der Waals surface area (Å²) in [6.07, 6.45) is 1.51. The van der Waals surface area contributed by atoms with E-state index in [0.29, 0.717) is 11.4 Å². The van der Waals surface area contributed by atoms with E-state index >= 15 is 0 Å². The minimum Gasteiger partial charge on any atom is -0.468 e. The molecular formula is C13H16N2O3S. The predicted molar refractivity (Wildman–Crippen MR) is 73.0 cm³/mol. The molecule has 0 saturated carbocycles. The first-order chi connectivity index (χ1) is 8.90. The fraction of sp³-hybridized carbons (Fsp3) is 0.231. The lowest BCUT2D eigenvalue weighted by Crippen LogP contribution is -2.26. The summed E-state index contributed by atoms with van der Waals surface area (Å²) in [7, 11) is -3.59. The number of furan rings is 1. The minimum atomic E-state index is -3.59. The number of nitrogens with two attached hydrogens (primary N) is 1. The molecule has 6 heteroatoms. The Labute approximate surface area is 112 Å². The van der Waals surface area contributed by atoms with Crippen molar-refractivity contribution < 1.29 is 12.8 Å². The molecule has 0 saturated heterocycles. The van der Waals surface area contributed by atoms with E-state index in [2.05, 4.69) is 4.72 Å². The van der Waals surface area contributed by atoms with Crippen LogP contribution in [0.4, 0.5) is 5.69 Å². The lowest BCUT2D eigenvalue weighted by Gasteiger charge is -2.13. The van der Waals surface area contributed by atoms with E-state index in [1.54, 1.807) is 38.1 Å². The molecule has 2 rings (SSSR count). The molecule has 0 aliphatic rings. The van der Waals surface area contributed by atoms with Gasteiger partial charge < -0.3 is 10.2 Å². The second kappa shape index (κ2) is 5.07. The van der Waals surface area contributed by atoms with Gasteiger partial charge >= 0.3 is 0 Å². The summed E-state index contributed by atoms with van der Waals surface area (Å²) in [6, 6.07) is 7.63. The van der Waals surface area contributed by atoms with Crippen molar-refractivity contribution in [2.24, 2.45) is 0 Å². The molecule has 0 fully saturated rings. The fourth-order valence-electron chi connectivity index (χ4n) is 1.71. The summed E-state index contributed by atoms with van der Waals surface area (Å²) in [5, 5.41) is 0. The van der Waals surface area contributed by atoms with Crippen LogP contribution in [0.3, 0.4) is 0 Å². The molecule has 5 nitrogen and oxygen atoms in total. The molecule has 1 atom stereocenters. The van der Waals surface area contributed by atoms with E-state index in [4.69, 9.17) is 10.2 Å². The maximum Gasteiger partial charge on any atom is 0.241 e. The van der Waals surface area contributed by atoms with Gasteiger partial charge in [0.25, 0.3) is 0 Å². The van der Waals surface area contributed by atoms with Crippen molar-refractivity contribution in [1.29, 1.82) is 0 Å². The Bertz CT molecular complexity index is 663. The Morgan fingerprint density at radius 1 is 1.32 bits per heavy atom. The summed E-state index contributed by atoms with van der Waals surface area (Å²) in [6.45, 7) is 3.49. The molecule has 1 aromatic heterocycles. The van der Waals surface area contributed by atoms with E-state index in [-0.39, 0.29) is 4.90 Å². The Balaban J connectivity index is 2.25. The van der Waals surface area contributed by atoms with Crippen LogP contribution < -0.4 is 10.5 Å². The summed E-state index contributed by atoms with van der Waals surface area (Å²) < 4.78 is 32.1. The minimum absolute atomic E-state index is 0.192. The average Bonchev–Trinajstić information content (AvgIpc) is 2.85. The van der Waals surface area contributed by atoms with Crippen LogP contribution >= 0.6 is 0 Å². The van der Waals surface area contributed by atoms with Gasteiger partial charge in [0.2, 0.25) is 10.0 Å². The molecular weight excluding hydrogens is 264 g/mol. The average molecular weight is 280 g/mol. The van der Waals surface area contributed by atoms with Crippen LogP contribution in [-0.4, -0.2) is 8.42 Å². The van der Waals surface area contributed by atoms with Gasteiger partial charge in [0.05, 0.1) is 17.2 Å². The molecule has 1 aromatic carbocycles. The number of anilines is 1. The molecule has 0 radical (unpaired) electrons. The molecule has 3 N–H and O–H groups in total. The van der Waals surface area contributed by atoms with E-state index in [0.717, 1.165) is 5.56 Å². The van der Waals surface area contributed by atoms with Crippen molar-refractivity contribution in [2.45, 2.75) is 24.8 Å². The number of hydrogen-bond acceptors (Lipinski definition) is 4. The third-order valence-corrected chi connectivity index (χ3v) is 4.39.